The maximum absolute atomic E-state index is 12.7. The summed E-state index contributed by atoms with van der Waals surface area (Å²) in [6.45, 7) is 3.88. The van der Waals surface area contributed by atoms with Gasteiger partial charge in [-0.05, 0) is 55.8 Å². The zero-order chi connectivity index (χ0) is 20.8. The zero-order valence-corrected chi connectivity index (χ0v) is 17.1. The van der Waals surface area contributed by atoms with Gasteiger partial charge in [-0.15, -0.1) is 11.3 Å². The first-order chi connectivity index (χ1) is 13.9. The van der Waals surface area contributed by atoms with Gasteiger partial charge in [0.15, 0.2) is 5.78 Å². The summed E-state index contributed by atoms with van der Waals surface area (Å²) in [6.07, 6.45) is 0.188. The van der Waals surface area contributed by atoms with Crippen LogP contribution in [-0.4, -0.2) is 17.6 Å². The minimum atomic E-state index is -0.309. The number of amides is 2. The van der Waals surface area contributed by atoms with Crippen molar-refractivity contribution in [3.05, 3.63) is 81.5 Å². The van der Waals surface area contributed by atoms with Crippen LogP contribution in [0.2, 0.25) is 0 Å². The highest BCUT2D eigenvalue weighted by molar-refractivity contribution is 7.14. The molecule has 6 heteroatoms. The van der Waals surface area contributed by atoms with Crippen LogP contribution in [0.15, 0.2) is 60.7 Å². The SMILES string of the molecule is Cc1cccc(NC(=O)c2ccccc2NC(=O)CCC(=O)c2ccc(C)s2)c1. The molecule has 0 aliphatic heterocycles. The lowest BCUT2D eigenvalue weighted by molar-refractivity contribution is -0.116. The van der Waals surface area contributed by atoms with Crippen molar-refractivity contribution in [3.8, 4) is 0 Å². The van der Waals surface area contributed by atoms with E-state index in [4.69, 9.17) is 0 Å². The van der Waals surface area contributed by atoms with Crippen molar-refractivity contribution in [2.45, 2.75) is 26.7 Å². The third-order valence-corrected chi connectivity index (χ3v) is 5.36. The molecule has 0 spiro atoms. The van der Waals surface area contributed by atoms with Gasteiger partial charge in [-0.1, -0.05) is 24.3 Å². The van der Waals surface area contributed by atoms with Gasteiger partial charge < -0.3 is 10.6 Å². The van der Waals surface area contributed by atoms with E-state index < -0.39 is 0 Å². The fourth-order valence-electron chi connectivity index (χ4n) is 2.86. The molecule has 3 rings (SSSR count). The second kappa shape index (κ2) is 9.30. The van der Waals surface area contributed by atoms with Crippen LogP contribution in [0.25, 0.3) is 0 Å². The van der Waals surface area contributed by atoms with Crippen molar-refractivity contribution in [3.63, 3.8) is 0 Å². The molecule has 2 amide bonds. The van der Waals surface area contributed by atoms with Crippen LogP contribution in [0.5, 0.6) is 0 Å². The van der Waals surface area contributed by atoms with Crippen molar-refractivity contribution in [2.24, 2.45) is 0 Å². The third-order valence-electron chi connectivity index (χ3n) is 4.32. The average molecular weight is 407 g/mol. The Balaban J connectivity index is 1.63. The number of rotatable bonds is 7. The van der Waals surface area contributed by atoms with Crippen LogP contribution in [0.4, 0.5) is 11.4 Å². The molecule has 0 saturated carbocycles. The van der Waals surface area contributed by atoms with E-state index in [1.807, 2.05) is 44.2 Å². The largest absolute Gasteiger partial charge is 0.325 e. The molecule has 0 aliphatic rings. The summed E-state index contributed by atoms with van der Waals surface area (Å²) < 4.78 is 0. The highest BCUT2D eigenvalue weighted by Crippen LogP contribution is 2.20. The van der Waals surface area contributed by atoms with Crippen molar-refractivity contribution in [2.75, 3.05) is 10.6 Å². The normalized spacial score (nSPS) is 10.4. The standard InChI is InChI=1S/C23H22N2O3S/c1-15-6-5-7-17(14-15)24-23(28)18-8-3-4-9-19(18)25-22(27)13-11-20(26)21-12-10-16(2)29-21/h3-10,12,14H,11,13H2,1-2H3,(H,24,28)(H,25,27). The van der Waals surface area contributed by atoms with Gasteiger partial charge in [-0.25, -0.2) is 0 Å². The number of hydrogen-bond acceptors (Lipinski definition) is 4. The maximum atomic E-state index is 12.7. The summed E-state index contributed by atoms with van der Waals surface area (Å²) in [4.78, 5) is 38.9. The zero-order valence-electron chi connectivity index (χ0n) is 16.3. The smallest absolute Gasteiger partial charge is 0.257 e. The Morgan fingerprint density at radius 2 is 1.66 bits per heavy atom. The lowest BCUT2D eigenvalue weighted by Gasteiger charge is -2.11. The van der Waals surface area contributed by atoms with Gasteiger partial charge in [0.05, 0.1) is 16.1 Å². The van der Waals surface area contributed by atoms with E-state index in [0.29, 0.717) is 21.8 Å². The molecule has 0 unspecified atom stereocenters. The van der Waals surface area contributed by atoms with Gasteiger partial charge in [0.25, 0.3) is 5.91 Å². The first kappa shape index (κ1) is 20.5. The predicted molar refractivity (Wildman–Crippen MR) is 117 cm³/mol. The fourth-order valence-corrected chi connectivity index (χ4v) is 3.69. The average Bonchev–Trinajstić information content (AvgIpc) is 3.13. The Hall–Kier alpha value is -3.25. The Labute approximate surface area is 173 Å². The number of hydrogen-bond donors (Lipinski definition) is 2. The maximum Gasteiger partial charge on any atom is 0.257 e. The van der Waals surface area contributed by atoms with Crippen LogP contribution < -0.4 is 10.6 Å². The number of Topliss-reactive ketones (excluding diaryl/α,β-unsaturated/α-hetero) is 1. The Morgan fingerprint density at radius 3 is 2.38 bits per heavy atom. The molecule has 148 valence electrons. The van der Waals surface area contributed by atoms with Gasteiger partial charge in [-0.2, -0.15) is 0 Å². The number of thiophene rings is 1. The van der Waals surface area contributed by atoms with Gasteiger partial charge >= 0.3 is 0 Å². The second-order valence-corrected chi connectivity index (χ2v) is 8.04. The molecule has 0 fully saturated rings. The molecule has 0 radical (unpaired) electrons. The lowest BCUT2D eigenvalue weighted by Crippen LogP contribution is -2.18. The first-order valence-corrected chi connectivity index (χ1v) is 10.1. The molecule has 29 heavy (non-hydrogen) atoms. The van der Waals surface area contributed by atoms with Gasteiger partial charge in [0, 0.05) is 23.4 Å². The van der Waals surface area contributed by atoms with Gasteiger partial charge in [-0.3, -0.25) is 14.4 Å². The van der Waals surface area contributed by atoms with E-state index in [9.17, 15) is 14.4 Å². The lowest BCUT2D eigenvalue weighted by atomic mass is 10.1. The molecule has 2 N–H and O–H groups in total. The number of carbonyl (C=O) groups excluding carboxylic acids is 3. The molecular formula is C23H22N2O3S. The Kier molecular flexibility index (Phi) is 6.57. The number of nitrogens with one attached hydrogen (secondary N) is 2. The second-order valence-electron chi connectivity index (χ2n) is 6.75. The van der Waals surface area contributed by atoms with E-state index in [-0.39, 0.29) is 30.4 Å². The summed E-state index contributed by atoms with van der Waals surface area (Å²) in [5, 5.41) is 5.60. The highest BCUT2D eigenvalue weighted by Gasteiger charge is 2.15. The molecule has 1 heterocycles. The summed E-state index contributed by atoms with van der Waals surface area (Å²) in [6, 6.07) is 18.0. The summed E-state index contributed by atoms with van der Waals surface area (Å²) >= 11 is 1.43. The van der Waals surface area contributed by atoms with E-state index >= 15 is 0 Å². The number of carbonyl (C=O) groups is 3. The third kappa shape index (κ3) is 5.62. The van der Waals surface area contributed by atoms with Crippen molar-refractivity contribution < 1.29 is 14.4 Å². The summed E-state index contributed by atoms with van der Waals surface area (Å²) in [7, 11) is 0. The molecule has 1 aromatic heterocycles. The molecule has 0 bridgehead atoms. The van der Waals surface area contributed by atoms with Crippen LogP contribution in [0.3, 0.4) is 0 Å². The minimum absolute atomic E-state index is 0.0521. The van der Waals surface area contributed by atoms with Crippen molar-refractivity contribution in [1.82, 2.24) is 0 Å². The fraction of sp³-hybridized carbons (Fsp3) is 0.174. The number of ketones is 1. The molecule has 0 atom stereocenters. The number of anilines is 2. The van der Waals surface area contributed by atoms with E-state index in [0.717, 1.165) is 10.4 Å². The van der Waals surface area contributed by atoms with E-state index in [1.54, 1.807) is 30.3 Å². The van der Waals surface area contributed by atoms with Crippen LogP contribution in [-0.2, 0) is 4.79 Å². The molecule has 5 nitrogen and oxygen atoms in total. The monoisotopic (exact) mass is 406 g/mol. The van der Waals surface area contributed by atoms with E-state index in [2.05, 4.69) is 10.6 Å². The molecule has 0 aliphatic carbocycles. The van der Waals surface area contributed by atoms with Crippen LogP contribution >= 0.6 is 11.3 Å². The quantitative estimate of drug-likeness (QED) is 0.528. The van der Waals surface area contributed by atoms with Crippen molar-refractivity contribution >= 4 is 40.3 Å². The summed E-state index contributed by atoms with van der Waals surface area (Å²) in [5.74, 6) is -0.664. The van der Waals surface area contributed by atoms with Crippen molar-refractivity contribution in [1.29, 1.82) is 0 Å². The number of benzene rings is 2. The topological polar surface area (TPSA) is 75.3 Å². The Morgan fingerprint density at radius 1 is 0.862 bits per heavy atom. The van der Waals surface area contributed by atoms with Crippen LogP contribution in [0.1, 0.15) is 43.3 Å². The molecule has 2 aromatic carbocycles. The van der Waals surface area contributed by atoms with E-state index in [1.165, 1.54) is 11.3 Å². The molecule has 3 aromatic rings. The first-order valence-electron chi connectivity index (χ1n) is 9.29. The van der Waals surface area contributed by atoms with Crippen LogP contribution in [0, 0.1) is 13.8 Å². The minimum Gasteiger partial charge on any atom is -0.325 e. The number of aryl methyl sites for hydroxylation is 2. The highest BCUT2D eigenvalue weighted by atomic mass is 32.1. The predicted octanol–water partition coefficient (Wildman–Crippen LogP) is 5.22. The van der Waals surface area contributed by atoms with Gasteiger partial charge in [0.2, 0.25) is 5.91 Å². The van der Waals surface area contributed by atoms with Gasteiger partial charge in [0.1, 0.15) is 0 Å². The summed E-state index contributed by atoms with van der Waals surface area (Å²) in [5.41, 5.74) is 2.51. The number of para-hydroxylation sites is 1. The Bertz CT molecular complexity index is 1060. The molecule has 0 saturated heterocycles. The molecular weight excluding hydrogens is 384 g/mol.